The number of nitrogens with one attached hydrogen (secondary N) is 1. The van der Waals surface area contributed by atoms with E-state index in [0.717, 1.165) is 43.4 Å². The van der Waals surface area contributed by atoms with Crippen molar-refractivity contribution in [3.8, 4) is 11.4 Å². The molecule has 1 aliphatic carbocycles. The van der Waals surface area contributed by atoms with Crippen molar-refractivity contribution in [2.24, 2.45) is 0 Å². The van der Waals surface area contributed by atoms with E-state index in [4.69, 9.17) is 0 Å². The Morgan fingerprint density at radius 2 is 2.30 bits per heavy atom. The van der Waals surface area contributed by atoms with Crippen molar-refractivity contribution in [1.82, 2.24) is 25.5 Å². The van der Waals surface area contributed by atoms with Gasteiger partial charge in [-0.3, -0.25) is 4.79 Å². The number of carbonyl (C=O) groups is 1. The van der Waals surface area contributed by atoms with Crippen LogP contribution in [0, 0.1) is 0 Å². The predicted octanol–water partition coefficient (Wildman–Crippen LogP) is 0.882. The van der Waals surface area contributed by atoms with Crippen LogP contribution in [0.4, 0.5) is 0 Å². The summed E-state index contributed by atoms with van der Waals surface area (Å²) in [5.41, 5.74) is 1.43. The van der Waals surface area contributed by atoms with E-state index < -0.39 is 5.41 Å². The second-order valence-electron chi connectivity index (χ2n) is 6.38. The van der Waals surface area contributed by atoms with E-state index in [1.165, 1.54) is 0 Å². The number of likely N-dealkylation sites (tertiary alicyclic amines) is 1. The third-order valence-electron chi connectivity index (χ3n) is 5.03. The number of carbonyl (C=O) groups excluding carboxylic acids is 1. The molecule has 2 N–H and O–H groups in total. The maximum Gasteiger partial charge on any atom is 0.233 e. The smallest absolute Gasteiger partial charge is 0.233 e. The number of benzene rings is 1. The first kappa shape index (κ1) is 14.3. The maximum absolute atomic E-state index is 13.1. The number of aromatic nitrogens is 4. The molecule has 0 bridgehead atoms. The average molecular weight is 313 g/mol. The summed E-state index contributed by atoms with van der Waals surface area (Å²) < 4.78 is 0. The van der Waals surface area contributed by atoms with Gasteiger partial charge in [0.25, 0.3) is 0 Å². The van der Waals surface area contributed by atoms with Gasteiger partial charge in [-0.2, -0.15) is 5.21 Å². The first-order valence-corrected chi connectivity index (χ1v) is 8.01. The molecule has 0 unspecified atom stereocenters. The Hall–Kier alpha value is -2.28. The van der Waals surface area contributed by atoms with Crippen molar-refractivity contribution in [3.05, 3.63) is 29.8 Å². The number of nitrogens with zero attached hydrogens (tertiary/aromatic N) is 4. The fraction of sp³-hybridized carbons (Fsp3) is 0.500. The van der Waals surface area contributed by atoms with Gasteiger partial charge in [-0.1, -0.05) is 18.2 Å². The van der Waals surface area contributed by atoms with Gasteiger partial charge in [-0.25, -0.2) is 0 Å². The van der Waals surface area contributed by atoms with Crippen molar-refractivity contribution in [2.75, 3.05) is 13.2 Å². The second kappa shape index (κ2) is 5.42. The normalized spacial score (nSPS) is 22.3. The molecule has 7 nitrogen and oxygen atoms in total. The molecule has 1 atom stereocenters. The van der Waals surface area contributed by atoms with E-state index in [0.29, 0.717) is 5.82 Å². The van der Waals surface area contributed by atoms with Crippen LogP contribution in [0.2, 0.25) is 0 Å². The minimum Gasteiger partial charge on any atom is -0.394 e. The maximum atomic E-state index is 13.1. The fourth-order valence-corrected chi connectivity index (χ4v) is 3.56. The lowest BCUT2D eigenvalue weighted by molar-refractivity contribution is -0.135. The molecular formula is C16H19N5O2. The molecule has 1 aromatic heterocycles. The van der Waals surface area contributed by atoms with Gasteiger partial charge in [0.15, 0.2) is 0 Å². The van der Waals surface area contributed by atoms with Gasteiger partial charge < -0.3 is 10.0 Å². The van der Waals surface area contributed by atoms with E-state index >= 15 is 0 Å². The zero-order chi connectivity index (χ0) is 15.9. The van der Waals surface area contributed by atoms with E-state index in [-0.39, 0.29) is 18.6 Å². The van der Waals surface area contributed by atoms with Gasteiger partial charge in [-0.15, -0.1) is 10.2 Å². The summed E-state index contributed by atoms with van der Waals surface area (Å²) in [7, 11) is 0. The van der Waals surface area contributed by atoms with Crippen molar-refractivity contribution in [3.63, 3.8) is 0 Å². The summed E-state index contributed by atoms with van der Waals surface area (Å²) in [4.78, 5) is 14.9. The number of aromatic amines is 1. The van der Waals surface area contributed by atoms with Crippen LogP contribution in [0.1, 0.15) is 31.2 Å². The molecule has 1 aromatic carbocycles. The highest BCUT2D eigenvalue weighted by atomic mass is 16.3. The lowest BCUT2D eigenvalue weighted by atomic mass is 9.92. The molecule has 2 aliphatic rings. The van der Waals surface area contributed by atoms with Gasteiger partial charge in [0.1, 0.15) is 0 Å². The van der Waals surface area contributed by atoms with Crippen LogP contribution in [0.5, 0.6) is 0 Å². The Morgan fingerprint density at radius 3 is 3.00 bits per heavy atom. The fourth-order valence-electron chi connectivity index (χ4n) is 3.56. The molecule has 7 heteroatoms. The van der Waals surface area contributed by atoms with Crippen LogP contribution in [0.3, 0.4) is 0 Å². The average Bonchev–Trinajstić information content (AvgIpc) is 3.02. The zero-order valence-corrected chi connectivity index (χ0v) is 12.8. The number of hydrogen-bond donors (Lipinski definition) is 2. The summed E-state index contributed by atoms with van der Waals surface area (Å²) in [6.45, 7) is 0.793. The predicted molar refractivity (Wildman–Crippen MR) is 82.3 cm³/mol. The number of hydrogen-bond acceptors (Lipinski definition) is 5. The molecule has 23 heavy (non-hydrogen) atoms. The highest BCUT2D eigenvalue weighted by molar-refractivity contribution is 5.92. The Bertz CT molecular complexity index is 711. The highest BCUT2D eigenvalue weighted by Crippen LogP contribution is 2.50. The molecule has 1 saturated carbocycles. The van der Waals surface area contributed by atoms with Gasteiger partial charge in [0, 0.05) is 12.1 Å². The standard InChI is InChI=1S/C16H19N5O2/c22-10-13-5-2-8-21(13)15(23)16(6-7-16)12-4-1-3-11(9-12)14-17-19-20-18-14/h1,3-4,9,13,22H,2,5-8,10H2,(H,17,18,19,20)/t13-/m0/s1. The summed E-state index contributed by atoms with van der Waals surface area (Å²) in [5, 5.41) is 23.5. The molecule has 0 radical (unpaired) electrons. The minimum absolute atomic E-state index is 0.0274. The molecule has 120 valence electrons. The number of aliphatic hydroxyl groups excluding tert-OH is 1. The van der Waals surface area contributed by atoms with E-state index in [1.807, 2.05) is 29.2 Å². The molecule has 2 aromatic rings. The number of aliphatic hydroxyl groups is 1. The summed E-state index contributed by atoms with van der Waals surface area (Å²) in [6.07, 6.45) is 3.57. The van der Waals surface area contributed by atoms with Gasteiger partial charge in [0.2, 0.25) is 11.7 Å². The van der Waals surface area contributed by atoms with Gasteiger partial charge in [-0.05, 0) is 42.5 Å². The Balaban J connectivity index is 1.64. The van der Waals surface area contributed by atoms with Crippen LogP contribution in [0.15, 0.2) is 24.3 Å². The minimum atomic E-state index is -0.433. The van der Waals surface area contributed by atoms with Crippen molar-refractivity contribution in [2.45, 2.75) is 37.1 Å². The largest absolute Gasteiger partial charge is 0.394 e. The monoisotopic (exact) mass is 313 g/mol. The summed E-state index contributed by atoms with van der Waals surface area (Å²) >= 11 is 0. The lowest BCUT2D eigenvalue weighted by Crippen LogP contribution is -2.43. The molecule has 1 saturated heterocycles. The number of tetrazole rings is 1. The van der Waals surface area contributed by atoms with Gasteiger partial charge in [0.05, 0.1) is 18.1 Å². The third-order valence-corrected chi connectivity index (χ3v) is 5.03. The highest BCUT2D eigenvalue weighted by Gasteiger charge is 2.54. The SMILES string of the molecule is O=C(N1CCC[C@H]1CO)C1(c2cccc(-c3nn[nH]n3)c2)CC1. The Labute approximate surface area is 133 Å². The van der Waals surface area contributed by atoms with Crippen LogP contribution in [-0.2, 0) is 10.2 Å². The van der Waals surface area contributed by atoms with Crippen LogP contribution < -0.4 is 0 Å². The van der Waals surface area contributed by atoms with E-state index in [1.54, 1.807) is 0 Å². The molecule has 4 rings (SSSR count). The van der Waals surface area contributed by atoms with Crippen LogP contribution in [0.25, 0.3) is 11.4 Å². The summed E-state index contributed by atoms with van der Waals surface area (Å²) in [6, 6.07) is 7.81. The topological polar surface area (TPSA) is 95.0 Å². The third kappa shape index (κ3) is 2.31. The number of H-pyrrole nitrogens is 1. The molecule has 0 spiro atoms. The summed E-state index contributed by atoms with van der Waals surface area (Å²) in [5.74, 6) is 0.684. The van der Waals surface area contributed by atoms with Crippen LogP contribution in [-0.4, -0.2) is 55.7 Å². The Kier molecular flexibility index (Phi) is 3.37. The quantitative estimate of drug-likeness (QED) is 0.874. The first-order chi connectivity index (χ1) is 11.2. The molecule has 1 aliphatic heterocycles. The van der Waals surface area contributed by atoms with E-state index in [2.05, 4.69) is 20.6 Å². The molecular weight excluding hydrogens is 294 g/mol. The molecule has 2 heterocycles. The zero-order valence-electron chi connectivity index (χ0n) is 12.8. The van der Waals surface area contributed by atoms with Crippen molar-refractivity contribution >= 4 is 5.91 Å². The van der Waals surface area contributed by atoms with E-state index in [9.17, 15) is 9.90 Å². The number of amides is 1. The second-order valence-corrected chi connectivity index (χ2v) is 6.38. The van der Waals surface area contributed by atoms with Gasteiger partial charge >= 0.3 is 0 Å². The van der Waals surface area contributed by atoms with Crippen molar-refractivity contribution < 1.29 is 9.90 Å². The van der Waals surface area contributed by atoms with Crippen molar-refractivity contribution in [1.29, 1.82) is 0 Å². The molecule has 2 fully saturated rings. The first-order valence-electron chi connectivity index (χ1n) is 8.01. The lowest BCUT2D eigenvalue weighted by Gasteiger charge is -2.28. The number of rotatable bonds is 4. The molecule has 1 amide bonds. The Morgan fingerprint density at radius 1 is 1.43 bits per heavy atom. The van der Waals surface area contributed by atoms with Crippen LogP contribution >= 0.6 is 0 Å².